The highest BCUT2D eigenvalue weighted by molar-refractivity contribution is 7.98. The molecule has 0 spiro atoms. The van der Waals surface area contributed by atoms with Crippen molar-refractivity contribution in [2.24, 2.45) is 0 Å². The van der Waals surface area contributed by atoms with Crippen molar-refractivity contribution < 1.29 is 4.39 Å². The normalized spacial score (nSPS) is 10.2. The number of thioether (sulfide) groups is 1. The van der Waals surface area contributed by atoms with E-state index in [-0.39, 0.29) is 11.8 Å². The monoisotopic (exact) mass is 216 g/mol. The molecule has 6 heteroatoms. The van der Waals surface area contributed by atoms with Crippen LogP contribution in [-0.4, -0.2) is 35.6 Å². The van der Waals surface area contributed by atoms with Gasteiger partial charge in [-0.25, -0.2) is 9.37 Å². The Hall–Kier alpha value is -1.04. The molecular formula is C8H13FN4S. The van der Waals surface area contributed by atoms with E-state index in [0.29, 0.717) is 0 Å². The number of rotatable bonds is 4. The maximum Gasteiger partial charge on any atom is 0.222 e. The van der Waals surface area contributed by atoms with Gasteiger partial charge in [0.2, 0.25) is 5.95 Å². The smallest absolute Gasteiger partial charge is 0.222 e. The summed E-state index contributed by atoms with van der Waals surface area (Å²) in [6.07, 6.45) is 3.09. The minimum atomic E-state index is -0.442. The first-order chi connectivity index (χ1) is 6.65. The SMILES string of the molecule is CSCCN(C)c1nc(N)ncc1F. The minimum Gasteiger partial charge on any atom is -0.368 e. The molecule has 0 aliphatic carbocycles. The van der Waals surface area contributed by atoms with Gasteiger partial charge in [-0.15, -0.1) is 0 Å². The molecule has 0 aromatic carbocycles. The number of halogens is 1. The molecule has 0 bridgehead atoms. The van der Waals surface area contributed by atoms with Crippen LogP contribution < -0.4 is 10.6 Å². The van der Waals surface area contributed by atoms with Gasteiger partial charge >= 0.3 is 0 Å². The van der Waals surface area contributed by atoms with Gasteiger partial charge in [0.25, 0.3) is 0 Å². The summed E-state index contributed by atoms with van der Waals surface area (Å²) in [6.45, 7) is 0.731. The second kappa shape index (κ2) is 4.99. The minimum absolute atomic E-state index is 0.0948. The molecule has 0 saturated heterocycles. The van der Waals surface area contributed by atoms with E-state index in [1.54, 1.807) is 23.7 Å². The van der Waals surface area contributed by atoms with E-state index < -0.39 is 5.82 Å². The fourth-order valence-corrected chi connectivity index (χ4v) is 1.43. The fraction of sp³-hybridized carbons (Fsp3) is 0.500. The standard InChI is InChI=1S/C8H13FN4S/c1-13(3-4-14-2)7-6(9)5-11-8(10)12-7/h5H,3-4H2,1-2H3,(H2,10,11,12). The molecule has 1 aromatic rings. The zero-order valence-electron chi connectivity index (χ0n) is 8.20. The van der Waals surface area contributed by atoms with E-state index in [2.05, 4.69) is 9.97 Å². The Morgan fingerprint density at radius 2 is 2.36 bits per heavy atom. The first-order valence-corrected chi connectivity index (χ1v) is 5.52. The molecule has 0 atom stereocenters. The van der Waals surface area contributed by atoms with E-state index in [4.69, 9.17) is 5.73 Å². The van der Waals surface area contributed by atoms with E-state index in [1.807, 2.05) is 6.26 Å². The van der Waals surface area contributed by atoms with E-state index in [9.17, 15) is 4.39 Å². The second-order valence-electron chi connectivity index (χ2n) is 2.81. The third-order valence-corrected chi connectivity index (χ3v) is 2.33. The molecule has 0 fully saturated rings. The lowest BCUT2D eigenvalue weighted by Crippen LogP contribution is -2.23. The Kier molecular flexibility index (Phi) is 3.94. The predicted molar refractivity (Wildman–Crippen MR) is 58.1 cm³/mol. The zero-order chi connectivity index (χ0) is 10.6. The molecule has 1 rings (SSSR count). The van der Waals surface area contributed by atoms with Gasteiger partial charge in [0, 0.05) is 19.3 Å². The molecule has 1 heterocycles. The fourth-order valence-electron chi connectivity index (χ4n) is 0.973. The predicted octanol–water partition coefficient (Wildman–Crippen LogP) is 0.997. The van der Waals surface area contributed by atoms with Crippen molar-refractivity contribution in [1.29, 1.82) is 0 Å². The number of anilines is 2. The lowest BCUT2D eigenvalue weighted by atomic mass is 10.5. The Morgan fingerprint density at radius 1 is 1.64 bits per heavy atom. The summed E-state index contributed by atoms with van der Waals surface area (Å²) in [4.78, 5) is 9.12. The first-order valence-electron chi connectivity index (χ1n) is 4.13. The number of nitrogens with zero attached hydrogens (tertiary/aromatic N) is 3. The van der Waals surface area contributed by atoms with Gasteiger partial charge in [0.05, 0.1) is 6.20 Å². The van der Waals surface area contributed by atoms with Crippen LogP contribution in [0.1, 0.15) is 0 Å². The van der Waals surface area contributed by atoms with Crippen molar-refractivity contribution in [3.63, 3.8) is 0 Å². The van der Waals surface area contributed by atoms with Crippen LogP contribution in [0, 0.1) is 5.82 Å². The second-order valence-corrected chi connectivity index (χ2v) is 3.80. The Labute approximate surface area is 86.7 Å². The average Bonchev–Trinajstić information content (AvgIpc) is 2.18. The van der Waals surface area contributed by atoms with Crippen molar-refractivity contribution in [3.8, 4) is 0 Å². The lowest BCUT2D eigenvalue weighted by molar-refractivity contribution is 0.610. The van der Waals surface area contributed by atoms with Crippen LogP contribution in [0.4, 0.5) is 16.2 Å². The molecule has 1 aromatic heterocycles. The number of hydrogen-bond donors (Lipinski definition) is 1. The van der Waals surface area contributed by atoms with Gasteiger partial charge in [-0.3, -0.25) is 0 Å². The van der Waals surface area contributed by atoms with Gasteiger partial charge in [-0.2, -0.15) is 16.7 Å². The highest BCUT2D eigenvalue weighted by atomic mass is 32.2. The lowest BCUT2D eigenvalue weighted by Gasteiger charge is -2.17. The van der Waals surface area contributed by atoms with E-state index in [0.717, 1.165) is 18.5 Å². The summed E-state index contributed by atoms with van der Waals surface area (Å²) in [5.41, 5.74) is 5.37. The number of aromatic nitrogens is 2. The van der Waals surface area contributed by atoms with E-state index >= 15 is 0 Å². The van der Waals surface area contributed by atoms with Crippen LogP contribution in [0.3, 0.4) is 0 Å². The molecule has 78 valence electrons. The molecular weight excluding hydrogens is 203 g/mol. The summed E-state index contributed by atoms with van der Waals surface area (Å²) in [5.74, 6) is 0.826. The van der Waals surface area contributed by atoms with Crippen LogP contribution in [0.2, 0.25) is 0 Å². The summed E-state index contributed by atoms with van der Waals surface area (Å²) in [6, 6.07) is 0. The average molecular weight is 216 g/mol. The quantitative estimate of drug-likeness (QED) is 0.813. The largest absolute Gasteiger partial charge is 0.368 e. The molecule has 0 saturated carbocycles. The van der Waals surface area contributed by atoms with Crippen LogP contribution >= 0.6 is 11.8 Å². The van der Waals surface area contributed by atoms with Crippen molar-refractivity contribution >= 4 is 23.5 Å². The summed E-state index contributed by atoms with van der Waals surface area (Å²) in [5, 5.41) is 0. The topological polar surface area (TPSA) is 55.0 Å². The van der Waals surface area contributed by atoms with Crippen LogP contribution in [0.15, 0.2) is 6.20 Å². The Balaban J connectivity index is 2.77. The summed E-state index contributed by atoms with van der Waals surface area (Å²) in [7, 11) is 1.78. The van der Waals surface area contributed by atoms with Crippen LogP contribution in [0.25, 0.3) is 0 Å². The number of nitrogen functional groups attached to an aromatic ring is 1. The Bertz CT molecular complexity index is 307. The zero-order valence-corrected chi connectivity index (χ0v) is 9.01. The molecule has 4 nitrogen and oxygen atoms in total. The van der Waals surface area contributed by atoms with Crippen molar-refractivity contribution in [2.45, 2.75) is 0 Å². The maximum atomic E-state index is 13.2. The van der Waals surface area contributed by atoms with Gasteiger partial charge in [-0.05, 0) is 6.26 Å². The van der Waals surface area contributed by atoms with E-state index in [1.165, 1.54) is 0 Å². The molecule has 0 amide bonds. The van der Waals surface area contributed by atoms with Crippen molar-refractivity contribution in [1.82, 2.24) is 9.97 Å². The third-order valence-electron chi connectivity index (χ3n) is 1.74. The van der Waals surface area contributed by atoms with Crippen molar-refractivity contribution in [3.05, 3.63) is 12.0 Å². The van der Waals surface area contributed by atoms with Crippen LogP contribution in [0.5, 0.6) is 0 Å². The van der Waals surface area contributed by atoms with Gasteiger partial charge in [-0.1, -0.05) is 0 Å². The van der Waals surface area contributed by atoms with Gasteiger partial charge in [0.15, 0.2) is 11.6 Å². The molecule has 0 aliphatic rings. The molecule has 14 heavy (non-hydrogen) atoms. The first kappa shape index (κ1) is 11.0. The third kappa shape index (κ3) is 2.73. The Morgan fingerprint density at radius 3 is 3.00 bits per heavy atom. The number of hydrogen-bond acceptors (Lipinski definition) is 5. The summed E-state index contributed by atoms with van der Waals surface area (Å²) >= 11 is 1.70. The molecule has 0 radical (unpaired) electrons. The highest BCUT2D eigenvalue weighted by Crippen LogP contribution is 2.14. The molecule has 0 aliphatic heterocycles. The van der Waals surface area contributed by atoms with Crippen LogP contribution in [-0.2, 0) is 0 Å². The maximum absolute atomic E-state index is 13.2. The number of nitrogens with two attached hydrogens (primary N) is 1. The van der Waals surface area contributed by atoms with Gasteiger partial charge < -0.3 is 10.6 Å². The molecule has 0 unspecified atom stereocenters. The summed E-state index contributed by atoms with van der Waals surface area (Å²) < 4.78 is 13.2. The highest BCUT2D eigenvalue weighted by Gasteiger charge is 2.09. The van der Waals surface area contributed by atoms with Crippen molar-refractivity contribution in [2.75, 3.05) is 36.2 Å². The van der Waals surface area contributed by atoms with Gasteiger partial charge in [0.1, 0.15) is 0 Å². The molecule has 2 N–H and O–H groups in total.